The highest BCUT2D eigenvalue weighted by molar-refractivity contribution is 5.82. The van der Waals surface area contributed by atoms with Crippen LogP contribution in [0.25, 0.3) is 10.9 Å². The number of aryl methyl sites for hydroxylation is 1. The number of fused-ring (bicyclic) bond motifs is 2. The maximum atomic E-state index is 5.56. The Morgan fingerprint density at radius 2 is 1.90 bits per heavy atom. The molecule has 0 bridgehead atoms. The third kappa shape index (κ3) is 3.62. The third-order valence-electron chi connectivity index (χ3n) is 6.00. The minimum absolute atomic E-state index is 0.759. The lowest BCUT2D eigenvalue weighted by atomic mass is 10.0. The van der Waals surface area contributed by atoms with E-state index in [4.69, 9.17) is 9.72 Å². The quantitative estimate of drug-likeness (QED) is 0.730. The SMILES string of the molecule is CN1CCCc2cccc(NCc3cc4ccccc4nc3N3CCOCC3)c21. The van der Waals surface area contributed by atoms with E-state index in [0.717, 1.165) is 57.1 Å². The minimum Gasteiger partial charge on any atom is -0.379 e. The molecule has 0 unspecified atom stereocenters. The van der Waals surface area contributed by atoms with Crippen LogP contribution < -0.4 is 15.1 Å². The number of hydrogen-bond donors (Lipinski definition) is 1. The normalized spacial score (nSPS) is 16.7. The van der Waals surface area contributed by atoms with E-state index in [1.54, 1.807) is 0 Å². The van der Waals surface area contributed by atoms with Crippen molar-refractivity contribution in [2.24, 2.45) is 0 Å². The van der Waals surface area contributed by atoms with Crippen LogP contribution >= 0.6 is 0 Å². The molecule has 2 aliphatic rings. The Kier molecular flexibility index (Phi) is 4.98. The average Bonchev–Trinajstić information content (AvgIpc) is 2.78. The van der Waals surface area contributed by atoms with Gasteiger partial charge in [-0.2, -0.15) is 0 Å². The molecule has 2 aliphatic heterocycles. The first-order valence-electron chi connectivity index (χ1n) is 10.6. The molecule has 1 aromatic heterocycles. The van der Waals surface area contributed by atoms with Gasteiger partial charge in [-0.1, -0.05) is 30.3 Å². The minimum atomic E-state index is 0.759. The second kappa shape index (κ2) is 7.91. The zero-order chi connectivity index (χ0) is 19.6. The molecule has 2 aromatic carbocycles. The molecule has 1 saturated heterocycles. The summed E-state index contributed by atoms with van der Waals surface area (Å²) in [6.45, 7) is 5.18. The molecule has 150 valence electrons. The zero-order valence-electron chi connectivity index (χ0n) is 17.0. The number of morpholine rings is 1. The van der Waals surface area contributed by atoms with Crippen LogP contribution in [-0.4, -0.2) is 44.9 Å². The Balaban J connectivity index is 1.48. The lowest BCUT2D eigenvalue weighted by Gasteiger charge is -2.31. The van der Waals surface area contributed by atoms with Crippen LogP contribution in [0.1, 0.15) is 17.5 Å². The van der Waals surface area contributed by atoms with Gasteiger partial charge in [-0.3, -0.25) is 0 Å². The van der Waals surface area contributed by atoms with Crippen molar-refractivity contribution in [1.82, 2.24) is 4.98 Å². The van der Waals surface area contributed by atoms with Gasteiger partial charge < -0.3 is 19.9 Å². The van der Waals surface area contributed by atoms with Gasteiger partial charge in [0.2, 0.25) is 0 Å². The molecule has 0 amide bonds. The lowest BCUT2D eigenvalue weighted by molar-refractivity contribution is 0.122. The first kappa shape index (κ1) is 18.3. The van der Waals surface area contributed by atoms with Gasteiger partial charge in [-0.05, 0) is 36.6 Å². The largest absolute Gasteiger partial charge is 0.379 e. The number of para-hydroxylation sites is 2. The van der Waals surface area contributed by atoms with Crippen LogP contribution in [0.3, 0.4) is 0 Å². The molecule has 3 aromatic rings. The summed E-state index contributed by atoms with van der Waals surface area (Å²) in [6, 6.07) is 17.3. The second-order valence-electron chi connectivity index (χ2n) is 7.96. The summed E-state index contributed by atoms with van der Waals surface area (Å²) in [5, 5.41) is 4.91. The van der Waals surface area contributed by atoms with E-state index in [1.807, 2.05) is 0 Å². The summed E-state index contributed by atoms with van der Waals surface area (Å²) in [7, 11) is 2.19. The van der Waals surface area contributed by atoms with Gasteiger partial charge in [0, 0.05) is 44.2 Å². The fraction of sp³-hybridized carbons (Fsp3) is 0.375. The highest BCUT2D eigenvalue weighted by Crippen LogP contribution is 2.34. The van der Waals surface area contributed by atoms with Crippen LogP contribution in [0.5, 0.6) is 0 Å². The molecule has 3 heterocycles. The van der Waals surface area contributed by atoms with Gasteiger partial charge >= 0.3 is 0 Å². The van der Waals surface area contributed by atoms with Gasteiger partial charge in [0.25, 0.3) is 0 Å². The van der Waals surface area contributed by atoms with E-state index in [-0.39, 0.29) is 0 Å². The van der Waals surface area contributed by atoms with Crippen LogP contribution in [-0.2, 0) is 17.7 Å². The van der Waals surface area contributed by atoms with Gasteiger partial charge in [0.15, 0.2) is 0 Å². The third-order valence-corrected chi connectivity index (χ3v) is 6.00. The van der Waals surface area contributed by atoms with E-state index in [1.165, 1.54) is 34.3 Å². The van der Waals surface area contributed by atoms with Gasteiger partial charge in [0.1, 0.15) is 5.82 Å². The standard InChI is InChI=1S/C24H28N4O/c1-27-11-5-8-18-7-4-10-22(23(18)27)25-17-20-16-19-6-2-3-9-21(19)26-24(20)28-12-14-29-15-13-28/h2-4,6-7,9-10,16,25H,5,8,11-15,17H2,1H3. The molecule has 5 nitrogen and oxygen atoms in total. The molecular formula is C24H28N4O. The highest BCUT2D eigenvalue weighted by Gasteiger charge is 2.20. The fourth-order valence-electron chi connectivity index (χ4n) is 4.52. The summed E-state index contributed by atoms with van der Waals surface area (Å²) in [4.78, 5) is 9.77. The molecule has 29 heavy (non-hydrogen) atoms. The monoisotopic (exact) mass is 388 g/mol. The fourth-order valence-corrected chi connectivity index (χ4v) is 4.52. The topological polar surface area (TPSA) is 40.6 Å². The van der Waals surface area contributed by atoms with E-state index in [9.17, 15) is 0 Å². The van der Waals surface area contributed by atoms with Crippen molar-refractivity contribution in [1.29, 1.82) is 0 Å². The summed E-state index contributed by atoms with van der Waals surface area (Å²) >= 11 is 0. The molecule has 1 N–H and O–H groups in total. The lowest BCUT2D eigenvalue weighted by Crippen LogP contribution is -2.37. The van der Waals surface area contributed by atoms with Gasteiger partial charge in [0.05, 0.1) is 30.1 Å². The number of aromatic nitrogens is 1. The Hall–Kier alpha value is -2.79. The number of hydrogen-bond acceptors (Lipinski definition) is 5. The summed E-state index contributed by atoms with van der Waals surface area (Å²) in [5.74, 6) is 1.08. The molecule has 5 rings (SSSR count). The Morgan fingerprint density at radius 1 is 1.03 bits per heavy atom. The number of rotatable bonds is 4. The smallest absolute Gasteiger partial charge is 0.134 e. The zero-order valence-corrected chi connectivity index (χ0v) is 17.0. The first-order valence-corrected chi connectivity index (χ1v) is 10.6. The molecule has 0 atom stereocenters. The molecule has 1 fully saturated rings. The van der Waals surface area contributed by atoms with Crippen LogP contribution in [0.15, 0.2) is 48.5 Å². The van der Waals surface area contributed by atoms with Gasteiger partial charge in [-0.15, -0.1) is 0 Å². The van der Waals surface area contributed by atoms with Crippen LogP contribution in [0.2, 0.25) is 0 Å². The molecule has 0 radical (unpaired) electrons. The molecule has 0 spiro atoms. The highest BCUT2D eigenvalue weighted by atomic mass is 16.5. The van der Waals surface area contributed by atoms with Crippen molar-refractivity contribution in [2.45, 2.75) is 19.4 Å². The van der Waals surface area contributed by atoms with Crippen molar-refractivity contribution in [3.8, 4) is 0 Å². The van der Waals surface area contributed by atoms with Gasteiger partial charge in [-0.25, -0.2) is 4.98 Å². The number of pyridine rings is 1. The summed E-state index contributed by atoms with van der Waals surface area (Å²) in [5.41, 5.74) is 6.29. The molecule has 5 heteroatoms. The summed E-state index contributed by atoms with van der Waals surface area (Å²) in [6.07, 6.45) is 2.38. The Morgan fingerprint density at radius 3 is 2.79 bits per heavy atom. The Labute approximate surface area is 172 Å². The average molecular weight is 389 g/mol. The number of benzene rings is 2. The number of nitrogens with one attached hydrogen (secondary N) is 1. The predicted octanol–water partition coefficient (Wildman–Crippen LogP) is 4.07. The predicted molar refractivity (Wildman–Crippen MR) is 120 cm³/mol. The van der Waals surface area contributed by atoms with Crippen molar-refractivity contribution in [3.05, 3.63) is 59.7 Å². The van der Waals surface area contributed by atoms with Crippen LogP contribution in [0.4, 0.5) is 17.2 Å². The maximum Gasteiger partial charge on any atom is 0.134 e. The van der Waals surface area contributed by atoms with E-state index >= 15 is 0 Å². The van der Waals surface area contributed by atoms with E-state index < -0.39 is 0 Å². The number of nitrogens with zero attached hydrogens (tertiary/aromatic N) is 3. The number of ether oxygens (including phenoxy) is 1. The number of anilines is 3. The molecular weight excluding hydrogens is 360 g/mol. The summed E-state index contributed by atoms with van der Waals surface area (Å²) < 4.78 is 5.56. The van der Waals surface area contributed by atoms with E-state index in [0.29, 0.717) is 0 Å². The molecule has 0 saturated carbocycles. The Bertz CT molecular complexity index is 1010. The van der Waals surface area contributed by atoms with Crippen molar-refractivity contribution in [3.63, 3.8) is 0 Å². The van der Waals surface area contributed by atoms with Crippen molar-refractivity contribution >= 4 is 28.1 Å². The maximum absolute atomic E-state index is 5.56. The second-order valence-corrected chi connectivity index (χ2v) is 7.96. The van der Waals surface area contributed by atoms with Crippen LogP contribution in [0, 0.1) is 0 Å². The van der Waals surface area contributed by atoms with Crippen molar-refractivity contribution in [2.75, 3.05) is 55.0 Å². The first-order chi connectivity index (χ1) is 14.3. The van der Waals surface area contributed by atoms with E-state index in [2.05, 4.69) is 70.7 Å². The van der Waals surface area contributed by atoms with Crippen molar-refractivity contribution < 1.29 is 4.74 Å². The molecule has 0 aliphatic carbocycles.